The molecule has 0 aliphatic heterocycles. The molecule has 1 heterocycles. The molecule has 1 fully saturated rings. The van der Waals surface area contributed by atoms with Crippen LogP contribution in [0.2, 0.25) is 0 Å². The van der Waals surface area contributed by atoms with Crippen molar-refractivity contribution in [2.75, 3.05) is 0 Å². The van der Waals surface area contributed by atoms with E-state index in [-0.39, 0.29) is 0 Å². The van der Waals surface area contributed by atoms with Crippen molar-refractivity contribution in [1.29, 1.82) is 0 Å². The highest BCUT2D eigenvalue weighted by atomic mass is 79.9. The molecule has 2 atom stereocenters. The van der Waals surface area contributed by atoms with Crippen LogP contribution in [0, 0.1) is 11.3 Å². The molecule has 96 valence electrons. The second-order valence-electron chi connectivity index (χ2n) is 5.70. The van der Waals surface area contributed by atoms with Crippen molar-refractivity contribution in [3.8, 4) is 0 Å². The summed E-state index contributed by atoms with van der Waals surface area (Å²) in [5, 5.41) is 2.14. The van der Waals surface area contributed by atoms with Crippen molar-refractivity contribution >= 4 is 27.3 Å². The SMILES string of the molecule is CC1(C)CCCC1C(Cc1cc(Br)cs1)NN. The highest BCUT2D eigenvalue weighted by Gasteiger charge is 2.39. The quantitative estimate of drug-likeness (QED) is 0.656. The summed E-state index contributed by atoms with van der Waals surface area (Å²) in [5.74, 6) is 6.46. The van der Waals surface area contributed by atoms with Gasteiger partial charge in [-0.1, -0.05) is 20.3 Å². The fraction of sp³-hybridized carbons (Fsp3) is 0.692. The van der Waals surface area contributed by atoms with Crippen LogP contribution < -0.4 is 11.3 Å². The Bertz CT molecular complexity index is 375. The van der Waals surface area contributed by atoms with E-state index >= 15 is 0 Å². The van der Waals surface area contributed by atoms with E-state index in [2.05, 4.69) is 46.6 Å². The van der Waals surface area contributed by atoms with Crippen molar-refractivity contribution in [2.45, 2.75) is 45.6 Å². The Hall–Kier alpha value is 0.1000. The van der Waals surface area contributed by atoms with Crippen LogP contribution in [0.5, 0.6) is 0 Å². The van der Waals surface area contributed by atoms with Crippen LogP contribution in [0.25, 0.3) is 0 Å². The van der Waals surface area contributed by atoms with Gasteiger partial charge in [0.1, 0.15) is 0 Å². The van der Waals surface area contributed by atoms with Crippen molar-refractivity contribution in [3.63, 3.8) is 0 Å². The van der Waals surface area contributed by atoms with Gasteiger partial charge in [0.05, 0.1) is 0 Å². The molecule has 0 radical (unpaired) electrons. The maximum atomic E-state index is 5.77. The monoisotopic (exact) mass is 316 g/mol. The van der Waals surface area contributed by atoms with Gasteiger partial charge in [0.2, 0.25) is 0 Å². The van der Waals surface area contributed by atoms with Crippen LogP contribution in [0.1, 0.15) is 38.0 Å². The molecule has 0 bridgehead atoms. The van der Waals surface area contributed by atoms with Gasteiger partial charge in [-0.25, -0.2) is 0 Å². The fourth-order valence-corrected chi connectivity index (χ4v) is 4.61. The normalized spacial score (nSPS) is 25.1. The third-order valence-corrected chi connectivity index (χ3v) is 5.80. The Balaban J connectivity index is 2.06. The van der Waals surface area contributed by atoms with E-state index in [0.29, 0.717) is 17.4 Å². The number of thiophene rings is 1. The predicted octanol–water partition coefficient (Wildman–Crippen LogP) is 3.71. The van der Waals surface area contributed by atoms with Crippen LogP contribution in [0.4, 0.5) is 0 Å². The first-order valence-electron chi connectivity index (χ1n) is 6.22. The lowest BCUT2D eigenvalue weighted by molar-refractivity contribution is 0.197. The zero-order chi connectivity index (χ0) is 12.5. The first-order chi connectivity index (χ1) is 8.03. The van der Waals surface area contributed by atoms with Gasteiger partial charge in [0, 0.05) is 20.8 Å². The topological polar surface area (TPSA) is 38.0 Å². The largest absolute Gasteiger partial charge is 0.271 e. The molecule has 2 nitrogen and oxygen atoms in total. The smallest absolute Gasteiger partial charge is 0.0292 e. The number of hydrogen-bond acceptors (Lipinski definition) is 3. The second kappa shape index (κ2) is 5.39. The summed E-state index contributed by atoms with van der Waals surface area (Å²) in [5.41, 5.74) is 3.47. The van der Waals surface area contributed by atoms with Crippen LogP contribution in [-0.4, -0.2) is 6.04 Å². The Kier molecular flexibility index (Phi) is 4.29. The lowest BCUT2D eigenvalue weighted by Gasteiger charge is -2.33. The first-order valence-corrected chi connectivity index (χ1v) is 7.89. The van der Waals surface area contributed by atoms with Crippen molar-refractivity contribution in [1.82, 2.24) is 5.43 Å². The van der Waals surface area contributed by atoms with Crippen molar-refractivity contribution in [3.05, 3.63) is 20.8 Å². The lowest BCUT2D eigenvalue weighted by atomic mass is 9.76. The number of rotatable bonds is 4. The Morgan fingerprint density at radius 2 is 2.41 bits per heavy atom. The number of hydrogen-bond donors (Lipinski definition) is 2. The highest BCUT2D eigenvalue weighted by Crippen LogP contribution is 2.45. The molecule has 17 heavy (non-hydrogen) atoms. The van der Waals surface area contributed by atoms with Gasteiger partial charge >= 0.3 is 0 Å². The highest BCUT2D eigenvalue weighted by molar-refractivity contribution is 9.10. The van der Waals surface area contributed by atoms with Crippen molar-refractivity contribution < 1.29 is 0 Å². The minimum Gasteiger partial charge on any atom is -0.271 e. The van der Waals surface area contributed by atoms with Gasteiger partial charge < -0.3 is 0 Å². The summed E-state index contributed by atoms with van der Waals surface area (Å²) >= 11 is 5.32. The van der Waals surface area contributed by atoms with Gasteiger partial charge in [0.15, 0.2) is 0 Å². The summed E-state index contributed by atoms with van der Waals surface area (Å²) < 4.78 is 1.18. The molecule has 2 unspecified atom stereocenters. The molecule has 0 aromatic carbocycles. The molecule has 1 aromatic rings. The zero-order valence-corrected chi connectivity index (χ0v) is 12.9. The molecule has 1 aliphatic rings. The molecule has 1 aliphatic carbocycles. The van der Waals surface area contributed by atoms with E-state index in [0.717, 1.165) is 6.42 Å². The number of halogens is 1. The Labute approximate surface area is 116 Å². The van der Waals surface area contributed by atoms with E-state index in [1.54, 1.807) is 0 Å². The average molecular weight is 317 g/mol. The summed E-state index contributed by atoms with van der Waals surface area (Å²) in [4.78, 5) is 1.41. The second-order valence-corrected chi connectivity index (χ2v) is 7.61. The first kappa shape index (κ1) is 13.5. The molecule has 2 rings (SSSR count). The van der Waals surface area contributed by atoms with E-state index < -0.39 is 0 Å². The molecule has 0 saturated heterocycles. The van der Waals surface area contributed by atoms with Crippen molar-refractivity contribution in [2.24, 2.45) is 17.2 Å². The zero-order valence-electron chi connectivity index (χ0n) is 10.5. The van der Waals surface area contributed by atoms with E-state index in [4.69, 9.17) is 5.84 Å². The lowest BCUT2D eigenvalue weighted by Crippen LogP contribution is -2.45. The maximum Gasteiger partial charge on any atom is 0.0292 e. The van der Waals surface area contributed by atoms with Crippen LogP contribution in [-0.2, 0) is 6.42 Å². The van der Waals surface area contributed by atoms with Crippen LogP contribution >= 0.6 is 27.3 Å². The molecule has 1 saturated carbocycles. The Morgan fingerprint density at radius 1 is 1.65 bits per heavy atom. The third-order valence-electron chi connectivity index (χ3n) is 4.08. The molecule has 0 spiro atoms. The fourth-order valence-electron chi connectivity index (χ4n) is 3.09. The molecule has 4 heteroatoms. The van der Waals surface area contributed by atoms with E-state index in [9.17, 15) is 0 Å². The molecular weight excluding hydrogens is 296 g/mol. The minimum atomic E-state index is 0.401. The van der Waals surface area contributed by atoms with Gasteiger partial charge in [0.25, 0.3) is 0 Å². The average Bonchev–Trinajstić information content (AvgIpc) is 2.81. The number of nitrogens with two attached hydrogens (primary N) is 1. The molecular formula is C13H21BrN2S. The summed E-state index contributed by atoms with van der Waals surface area (Å²) in [7, 11) is 0. The molecule has 1 aromatic heterocycles. The van der Waals surface area contributed by atoms with E-state index in [1.807, 2.05) is 11.3 Å². The minimum absolute atomic E-state index is 0.401. The number of nitrogens with one attached hydrogen (secondary N) is 1. The van der Waals surface area contributed by atoms with Gasteiger partial charge in [-0.3, -0.25) is 11.3 Å². The van der Waals surface area contributed by atoms with Gasteiger partial charge in [-0.05, 0) is 52.6 Å². The summed E-state index contributed by atoms with van der Waals surface area (Å²) in [6, 6.07) is 2.61. The number of hydrazine groups is 1. The molecule has 0 amide bonds. The molecule has 3 N–H and O–H groups in total. The predicted molar refractivity (Wildman–Crippen MR) is 78.0 cm³/mol. The van der Waals surface area contributed by atoms with Gasteiger partial charge in [-0.2, -0.15) is 0 Å². The maximum absolute atomic E-state index is 5.77. The van der Waals surface area contributed by atoms with Crippen LogP contribution in [0.15, 0.2) is 15.9 Å². The summed E-state index contributed by atoms with van der Waals surface area (Å²) in [6.07, 6.45) is 5.00. The third kappa shape index (κ3) is 3.11. The van der Waals surface area contributed by atoms with E-state index in [1.165, 1.54) is 28.6 Å². The summed E-state index contributed by atoms with van der Waals surface area (Å²) in [6.45, 7) is 4.75. The standard InChI is InChI=1S/C13H21BrN2S/c1-13(2)5-3-4-11(13)12(16-15)7-10-6-9(14)8-17-10/h6,8,11-12,16H,3-5,7,15H2,1-2H3. The Morgan fingerprint density at radius 3 is 2.88 bits per heavy atom. The van der Waals surface area contributed by atoms with Gasteiger partial charge in [-0.15, -0.1) is 11.3 Å². The van der Waals surface area contributed by atoms with Crippen LogP contribution in [0.3, 0.4) is 0 Å².